The van der Waals surface area contributed by atoms with E-state index in [-0.39, 0.29) is 18.6 Å². The zero-order chi connectivity index (χ0) is 17.7. The fourth-order valence-electron chi connectivity index (χ4n) is 4.19. The first-order chi connectivity index (χ1) is 11.4. The summed E-state index contributed by atoms with van der Waals surface area (Å²) in [5, 5.41) is 12.2. The molecule has 0 radical (unpaired) electrons. The SMILES string of the molecule is CC1CCC(NC(=O)N2CCCC(N(C)CC(=O)O)CC2)C(C)C1. The summed E-state index contributed by atoms with van der Waals surface area (Å²) in [4.78, 5) is 27.3. The predicted molar refractivity (Wildman–Crippen MR) is 94.0 cm³/mol. The van der Waals surface area contributed by atoms with Crippen molar-refractivity contribution in [2.75, 3.05) is 26.7 Å². The number of hydrogen-bond acceptors (Lipinski definition) is 3. The standard InChI is InChI=1S/C18H33N3O3/c1-13-6-7-16(14(2)11-13)19-18(24)21-9-4-5-15(8-10-21)20(3)12-17(22)23/h13-16H,4-12H2,1-3H3,(H,19,24)(H,22,23). The zero-order valence-corrected chi connectivity index (χ0v) is 15.3. The number of urea groups is 1. The van der Waals surface area contributed by atoms with Crippen molar-refractivity contribution in [1.29, 1.82) is 0 Å². The van der Waals surface area contributed by atoms with Gasteiger partial charge in [-0.2, -0.15) is 0 Å². The molecule has 2 N–H and O–H groups in total. The van der Waals surface area contributed by atoms with E-state index in [0.717, 1.165) is 38.1 Å². The summed E-state index contributed by atoms with van der Waals surface area (Å²) < 4.78 is 0. The van der Waals surface area contributed by atoms with Crippen molar-refractivity contribution >= 4 is 12.0 Å². The Kier molecular flexibility index (Phi) is 6.90. The van der Waals surface area contributed by atoms with Crippen molar-refractivity contribution in [2.45, 2.75) is 64.5 Å². The van der Waals surface area contributed by atoms with Crippen LogP contribution in [0.5, 0.6) is 0 Å². The number of likely N-dealkylation sites (tertiary alicyclic amines) is 1. The summed E-state index contributed by atoms with van der Waals surface area (Å²) in [6.07, 6.45) is 6.18. The van der Waals surface area contributed by atoms with Crippen LogP contribution < -0.4 is 5.32 Å². The summed E-state index contributed by atoms with van der Waals surface area (Å²) in [5.41, 5.74) is 0. The third-order valence-corrected chi connectivity index (χ3v) is 5.73. The minimum atomic E-state index is -0.795. The molecule has 0 aromatic carbocycles. The molecule has 0 bridgehead atoms. The molecule has 24 heavy (non-hydrogen) atoms. The Morgan fingerprint density at radius 1 is 1.17 bits per heavy atom. The van der Waals surface area contributed by atoms with Crippen LogP contribution in [0.4, 0.5) is 4.79 Å². The van der Waals surface area contributed by atoms with E-state index in [0.29, 0.717) is 18.5 Å². The van der Waals surface area contributed by atoms with Crippen LogP contribution in [0.3, 0.4) is 0 Å². The van der Waals surface area contributed by atoms with Gasteiger partial charge in [-0.25, -0.2) is 4.79 Å². The molecule has 2 amide bonds. The van der Waals surface area contributed by atoms with Crippen molar-refractivity contribution in [3.8, 4) is 0 Å². The average molecular weight is 339 g/mol. The second kappa shape index (κ2) is 8.70. The van der Waals surface area contributed by atoms with Gasteiger partial charge in [-0.15, -0.1) is 0 Å². The van der Waals surface area contributed by atoms with E-state index < -0.39 is 5.97 Å². The lowest BCUT2D eigenvalue weighted by Gasteiger charge is -2.34. The normalized spacial score (nSPS) is 31.6. The third-order valence-electron chi connectivity index (χ3n) is 5.73. The number of nitrogens with one attached hydrogen (secondary N) is 1. The summed E-state index contributed by atoms with van der Waals surface area (Å²) >= 11 is 0. The molecule has 2 aliphatic rings. The molecular formula is C18H33N3O3. The number of likely N-dealkylation sites (N-methyl/N-ethyl adjacent to an activating group) is 1. The van der Waals surface area contributed by atoms with E-state index in [9.17, 15) is 9.59 Å². The van der Waals surface area contributed by atoms with Crippen LogP contribution in [-0.2, 0) is 4.79 Å². The molecule has 2 fully saturated rings. The second-order valence-corrected chi connectivity index (χ2v) is 7.83. The fraction of sp³-hybridized carbons (Fsp3) is 0.889. The molecule has 4 unspecified atom stereocenters. The van der Waals surface area contributed by atoms with Crippen molar-refractivity contribution in [1.82, 2.24) is 15.1 Å². The minimum Gasteiger partial charge on any atom is -0.480 e. The van der Waals surface area contributed by atoms with Gasteiger partial charge >= 0.3 is 12.0 Å². The predicted octanol–water partition coefficient (Wildman–Crippen LogP) is 2.39. The number of aliphatic carboxylic acids is 1. The van der Waals surface area contributed by atoms with Crippen molar-refractivity contribution in [3.05, 3.63) is 0 Å². The lowest BCUT2D eigenvalue weighted by Crippen LogP contribution is -2.49. The Balaban J connectivity index is 1.82. The van der Waals surface area contributed by atoms with Gasteiger partial charge in [0.1, 0.15) is 0 Å². The molecule has 1 heterocycles. The lowest BCUT2D eigenvalue weighted by molar-refractivity contribution is -0.138. The molecule has 0 aromatic heterocycles. The Bertz CT molecular complexity index is 443. The number of carboxylic acid groups (broad SMARTS) is 1. The van der Waals surface area contributed by atoms with E-state index in [1.54, 1.807) is 0 Å². The highest BCUT2D eigenvalue weighted by molar-refractivity contribution is 5.74. The monoisotopic (exact) mass is 339 g/mol. The summed E-state index contributed by atoms with van der Waals surface area (Å²) in [7, 11) is 1.86. The molecule has 0 spiro atoms. The van der Waals surface area contributed by atoms with Gasteiger partial charge in [-0.3, -0.25) is 9.69 Å². The van der Waals surface area contributed by atoms with Gasteiger partial charge in [0.15, 0.2) is 0 Å². The van der Waals surface area contributed by atoms with Crippen LogP contribution in [-0.4, -0.2) is 65.7 Å². The van der Waals surface area contributed by atoms with Crippen LogP contribution in [0.25, 0.3) is 0 Å². The van der Waals surface area contributed by atoms with Crippen LogP contribution in [0, 0.1) is 11.8 Å². The highest BCUT2D eigenvalue weighted by Gasteiger charge is 2.29. The van der Waals surface area contributed by atoms with E-state index in [1.165, 1.54) is 12.8 Å². The molecule has 1 saturated carbocycles. The molecule has 6 nitrogen and oxygen atoms in total. The Morgan fingerprint density at radius 2 is 1.92 bits per heavy atom. The second-order valence-electron chi connectivity index (χ2n) is 7.83. The molecule has 2 rings (SSSR count). The maximum atomic E-state index is 12.6. The van der Waals surface area contributed by atoms with Crippen LogP contribution in [0.15, 0.2) is 0 Å². The summed E-state index contributed by atoms with van der Waals surface area (Å²) in [6.45, 7) is 6.06. The van der Waals surface area contributed by atoms with E-state index >= 15 is 0 Å². The number of hydrogen-bond donors (Lipinski definition) is 2. The fourth-order valence-corrected chi connectivity index (χ4v) is 4.19. The molecular weight excluding hydrogens is 306 g/mol. The average Bonchev–Trinajstić information content (AvgIpc) is 2.75. The zero-order valence-electron chi connectivity index (χ0n) is 15.3. The highest BCUT2D eigenvalue weighted by atomic mass is 16.4. The van der Waals surface area contributed by atoms with E-state index in [2.05, 4.69) is 19.2 Å². The van der Waals surface area contributed by atoms with Crippen LogP contribution >= 0.6 is 0 Å². The number of carbonyl (C=O) groups excluding carboxylic acids is 1. The quantitative estimate of drug-likeness (QED) is 0.825. The number of amides is 2. The molecule has 0 aromatic rings. The molecule has 138 valence electrons. The molecule has 1 saturated heterocycles. The van der Waals surface area contributed by atoms with Gasteiger partial charge in [-0.1, -0.05) is 13.8 Å². The maximum Gasteiger partial charge on any atom is 0.317 e. The Morgan fingerprint density at radius 3 is 2.58 bits per heavy atom. The molecule has 4 atom stereocenters. The molecule has 1 aliphatic heterocycles. The van der Waals surface area contributed by atoms with Gasteiger partial charge in [0.05, 0.1) is 6.54 Å². The summed E-state index contributed by atoms with van der Waals surface area (Å²) in [5.74, 6) is 0.507. The van der Waals surface area contributed by atoms with E-state index in [1.807, 2.05) is 16.8 Å². The van der Waals surface area contributed by atoms with Crippen molar-refractivity contribution in [2.24, 2.45) is 11.8 Å². The molecule has 6 heteroatoms. The van der Waals surface area contributed by atoms with Crippen LogP contribution in [0.2, 0.25) is 0 Å². The van der Waals surface area contributed by atoms with Gasteiger partial charge in [0, 0.05) is 25.2 Å². The Hall–Kier alpha value is -1.30. The van der Waals surface area contributed by atoms with Crippen molar-refractivity contribution < 1.29 is 14.7 Å². The first-order valence-electron chi connectivity index (χ1n) is 9.34. The smallest absolute Gasteiger partial charge is 0.317 e. The van der Waals surface area contributed by atoms with Gasteiger partial charge in [0.25, 0.3) is 0 Å². The lowest BCUT2D eigenvalue weighted by atomic mass is 9.80. The number of rotatable bonds is 4. The largest absolute Gasteiger partial charge is 0.480 e. The van der Waals surface area contributed by atoms with Gasteiger partial charge in [0.2, 0.25) is 0 Å². The number of carbonyl (C=O) groups is 2. The third kappa shape index (κ3) is 5.36. The van der Waals surface area contributed by atoms with Crippen LogP contribution in [0.1, 0.15) is 52.4 Å². The number of carboxylic acids is 1. The maximum absolute atomic E-state index is 12.6. The Labute approximate surface area is 145 Å². The van der Waals surface area contributed by atoms with E-state index in [4.69, 9.17) is 5.11 Å². The number of nitrogens with zero attached hydrogens (tertiary/aromatic N) is 2. The first kappa shape index (κ1) is 19.0. The first-order valence-corrected chi connectivity index (χ1v) is 9.34. The topological polar surface area (TPSA) is 72.9 Å². The van der Waals surface area contributed by atoms with Gasteiger partial charge in [-0.05, 0) is 57.4 Å². The minimum absolute atomic E-state index is 0.0583. The van der Waals surface area contributed by atoms with Gasteiger partial charge < -0.3 is 15.3 Å². The van der Waals surface area contributed by atoms with Crippen molar-refractivity contribution in [3.63, 3.8) is 0 Å². The highest BCUT2D eigenvalue weighted by Crippen LogP contribution is 2.28. The summed E-state index contributed by atoms with van der Waals surface area (Å²) in [6, 6.07) is 0.596. The molecule has 1 aliphatic carbocycles.